The lowest BCUT2D eigenvalue weighted by molar-refractivity contribution is 0.107. The van der Waals surface area contributed by atoms with E-state index in [1.165, 1.54) is 11.8 Å². The van der Waals surface area contributed by atoms with Crippen LogP contribution < -0.4 is 0 Å². The molecule has 0 aliphatic heterocycles. The van der Waals surface area contributed by atoms with Crippen molar-refractivity contribution in [2.24, 2.45) is 0 Å². The SMILES string of the molecule is C=CCn1c(C)nnc1SCC(C)(C)O. The minimum Gasteiger partial charge on any atom is -0.390 e. The molecule has 5 heteroatoms. The van der Waals surface area contributed by atoms with Crippen LogP contribution in [-0.2, 0) is 6.54 Å². The van der Waals surface area contributed by atoms with Gasteiger partial charge in [0.1, 0.15) is 5.82 Å². The van der Waals surface area contributed by atoms with Crippen molar-refractivity contribution in [2.75, 3.05) is 5.75 Å². The van der Waals surface area contributed by atoms with E-state index >= 15 is 0 Å². The molecule has 1 aromatic rings. The predicted octanol–water partition coefficient (Wildman–Crippen LogP) is 1.64. The number of thioether (sulfide) groups is 1. The number of rotatable bonds is 5. The van der Waals surface area contributed by atoms with Crippen LogP contribution >= 0.6 is 11.8 Å². The third-order valence-corrected chi connectivity index (χ3v) is 3.18. The van der Waals surface area contributed by atoms with Crippen LogP contribution in [0.1, 0.15) is 19.7 Å². The Bertz CT molecular complexity index is 341. The molecule has 1 rings (SSSR count). The number of nitrogens with zero attached hydrogens (tertiary/aromatic N) is 3. The quantitative estimate of drug-likeness (QED) is 0.613. The van der Waals surface area contributed by atoms with Crippen molar-refractivity contribution in [1.82, 2.24) is 14.8 Å². The molecule has 0 aliphatic carbocycles. The van der Waals surface area contributed by atoms with Crippen LogP contribution in [0.3, 0.4) is 0 Å². The normalized spacial score (nSPS) is 11.7. The highest BCUT2D eigenvalue weighted by atomic mass is 32.2. The van der Waals surface area contributed by atoms with Crippen LogP contribution in [0.4, 0.5) is 0 Å². The maximum absolute atomic E-state index is 9.61. The van der Waals surface area contributed by atoms with E-state index in [0.29, 0.717) is 12.3 Å². The molecule has 0 fully saturated rings. The van der Waals surface area contributed by atoms with Gasteiger partial charge in [0.05, 0.1) is 5.60 Å². The predicted molar refractivity (Wildman–Crippen MR) is 62.0 cm³/mol. The summed E-state index contributed by atoms with van der Waals surface area (Å²) in [5.74, 6) is 1.47. The molecule has 0 bridgehead atoms. The van der Waals surface area contributed by atoms with Crippen LogP contribution in [0, 0.1) is 6.92 Å². The Morgan fingerprint density at radius 2 is 2.20 bits per heavy atom. The molecule has 0 atom stereocenters. The van der Waals surface area contributed by atoms with E-state index in [0.717, 1.165) is 11.0 Å². The Morgan fingerprint density at radius 1 is 1.53 bits per heavy atom. The zero-order chi connectivity index (χ0) is 11.5. The van der Waals surface area contributed by atoms with Crippen molar-refractivity contribution in [3.8, 4) is 0 Å². The minimum absolute atomic E-state index is 0.599. The van der Waals surface area contributed by atoms with Crippen molar-refractivity contribution < 1.29 is 5.11 Å². The first kappa shape index (κ1) is 12.3. The van der Waals surface area contributed by atoms with Crippen LogP contribution in [0.25, 0.3) is 0 Å². The molecule has 0 aromatic carbocycles. The molecule has 1 heterocycles. The van der Waals surface area contributed by atoms with Crippen molar-refractivity contribution >= 4 is 11.8 Å². The lowest BCUT2D eigenvalue weighted by atomic mass is 10.2. The molecule has 1 N–H and O–H groups in total. The molecule has 1 aromatic heterocycles. The van der Waals surface area contributed by atoms with E-state index in [2.05, 4.69) is 16.8 Å². The zero-order valence-corrected chi connectivity index (χ0v) is 10.2. The van der Waals surface area contributed by atoms with Gasteiger partial charge in [-0.2, -0.15) is 0 Å². The van der Waals surface area contributed by atoms with Crippen molar-refractivity contribution in [1.29, 1.82) is 0 Å². The van der Waals surface area contributed by atoms with E-state index < -0.39 is 5.60 Å². The van der Waals surface area contributed by atoms with Gasteiger partial charge >= 0.3 is 0 Å². The van der Waals surface area contributed by atoms with Gasteiger partial charge in [-0.3, -0.25) is 0 Å². The van der Waals surface area contributed by atoms with E-state index in [4.69, 9.17) is 0 Å². The third-order valence-electron chi connectivity index (χ3n) is 1.77. The van der Waals surface area contributed by atoms with E-state index in [1.807, 2.05) is 17.6 Å². The highest BCUT2D eigenvalue weighted by Crippen LogP contribution is 2.21. The lowest BCUT2D eigenvalue weighted by Crippen LogP contribution is -2.22. The van der Waals surface area contributed by atoms with Gasteiger partial charge in [-0.1, -0.05) is 17.8 Å². The standard InChI is InChI=1S/C10H17N3OS/c1-5-6-13-8(2)11-12-9(13)15-7-10(3,4)14/h5,14H,1,6-7H2,2-4H3. The monoisotopic (exact) mass is 227 g/mol. The Kier molecular flexibility index (Phi) is 3.93. The Labute approximate surface area is 94.4 Å². The molecule has 84 valence electrons. The summed E-state index contributed by atoms with van der Waals surface area (Å²) in [5, 5.41) is 18.5. The average Bonchev–Trinajstić information content (AvgIpc) is 2.45. The molecular weight excluding hydrogens is 210 g/mol. The summed E-state index contributed by atoms with van der Waals surface area (Å²) in [7, 11) is 0. The second-order valence-electron chi connectivity index (χ2n) is 4.03. The molecule has 0 unspecified atom stereocenters. The van der Waals surface area contributed by atoms with Crippen LogP contribution in [-0.4, -0.2) is 31.2 Å². The third kappa shape index (κ3) is 3.68. The van der Waals surface area contributed by atoms with Gasteiger partial charge in [-0.15, -0.1) is 16.8 Å². The number of hydrogen-bond donors (Lipinski definition) is 1. The van der Waals surface area contributed by atoms with Crippen LogP contribution in [0.5, 0.6) is 0 Å². The number of hydrogen-bond acceptors (Lipinski definition) is 4. The minimum atomic E-state index is -0.691. The summed E-state index contributed by atoms with van der Waals surface area (Å²) in [6.07, 6.45) is 1.81. The van der Waals surface area contributed by atoms with Gasteiger partial charge < -0.3 is 9.67 Å². The summed E-state index contributed by atoms with van der Waals surface area (Å²) in [5.41, 5.74) is -0.691. The molecule has 4 nitrogen and oxygen atoms in total. The van der Waals surface area contributed by atoms with Gasteiger partial charge in [-0.05, 0) is 20.8 Å². The maximum Gasteiger partial charge on any atom is 0.191 e. The van der Waals surface area contributed by atoms with Crippen LogP contribution in [0.15, 0.2) is 17.8 Å². The fraction of sp³-hybridized carbons (Fsp3) is 0.600. The van der Waals surface area contributed by atoms with E-state index in [1.54, 1.807) is 13.8 Å². The zero-order valence-electron chi connectivity index (χ0n) is 9.40. The summed E-state index contributed by atoms with van der Waals surface area (Å²) in [4.78, 5) is 0. The second-order valence-corrected chi connectivity index (χ2v) is 4.97. The van der Waals surface area contributed by atoms with Crippen molar-refractivity contribution in [3.63, 3.8) is 0 Å². The van der Waals surface area contributed by atoms with Gasteiger partial charge in [0, 0.05) is 12.3 Å². The molecule has 0 saturated carbocycles. The molecule has 0 radical (unpaired) electrons. The maximum atomic E-state index is 9.61. The highest BCUT2D eigenvalue weighted by molar-refractivity contribution is 7.99. The Balaban J connectivity index is 2.72. The van der Waals surface area contributed by atoms with E-state index in [9.17, 15) is 5.11 Å². The molecule has 0 saturated heterocycles. The molecule has 0 aliphatic rings. The fourth-order valence-electron chi connectivity index (χ4n) is 1.05. The Hall–Kier alpha value is -0.810. The van der Waals surface area contributed by atoms with Gasteiger partial charge in [0.25, 0.3) is 0 Å². The Morgan fingerprint density at radius 3 is 2.73 bits per heavy atom. The van der Waals surface area contributed by atoms with Crippen molar-refractivity contribution in [3.05, 3.63) is 18.5 Å². The first-order valence-corrected chi connectivity index (χ1v) is 5.78. The molecular formula is C10H17N3OS. The van der Waals surface area contributed by atoms with Gasteiger partial charge in [0.2, 0.25) is 0 Å². The van der Waals surface area contributed by atoms with Crippen molar-refractivity contribution in [2.45, 2.75) is 38.1 Å². The van der Waals surface area contributed by atoms with Crippen LogP contribution in [0.2, 0.25) is 0 Å². The van der Waals surface area contributed by atoms with Gasteiger partial charge in [-0.25, -0.2) is 0 Å². The largest absolute Gasteiger partial charge is 0.390 e. The molecule has 15 heavy (non-hydrogen) atoms. The number of aliphatic hydroxyl groups is 1. The smallest absolute Gasteiger partial charge is 0.191 e. The summed E-state index contributed by atoms with van der Waals surface area (Å²) >= 11 is 1.51. The topological polar surface area (TPSA) is 50.9 Å². The molecule has 0 spiro atoms. The second kappa shape index (κ2) is 4.81. The molecule has 0 amide bonds. The first-order chi connectivity index (χ1) is 6.94. The summed E-state index contributed by atoms with van der Waals surface area (Å²) in [6, 6.07) is 0. The average molecular weight is 227 g/mol. The number of aromatic nitrogens is 3. The fourth-order valence-corrected chi connectivity index (χ4v) is 1.99. The van der Waals surface area contributed by atoms with Gasteiger partial charge in [0.15, 0.2) is 5.16 Å². The number of allylic oxidation sites excluding steroid dienone is 1. The van der Waals surface area contributed by atoms with E-state index in [-0.39, 0.29) is 0 Å². The summed E-state index contributed by atoms with van der Waals surface area (Å²) < 4.78 is 1.98. The first-order valence-electron chi connectivity index (χ1n) is 4.80. The lowest BCUT2D eigenvalue weighted by Gasteiger charge is -2.15. The number of aryl methyl sites for hydroxylation is 1. The summed E-state index contributed by atoms with van der Waals surface area (Å²) in [6.45, 7) is 9.86. The highest BCUT2D eigenvalue weighted by Gasteiger charge is 2.16.